The third-order valence-corrected chi connectivity index (χ3v) is 3.97. The summed E-state index contributed by atoms with van der Waals surface area (Å²) in [6, 6.07) is 3.32. The number of carbonyl (C=O) groups excluding carboxylic acids is 4. The van der Waals surface area contributed by atoms with Crippen LogP contribution in [-0.4, -0.2) is 38.9 Å². The van der Waals surface area contributed by atoms with Crippen molar-refractivity contribution in [3.05, 3.63) is 40.7 Å². The van der Waals surface area contributed by atoms with Gasteiger partial charge in [0.25, 0.3) is 16.9 Å². The third kappa shape index (κ3) is 2.93. The molecule has 0 aromatic carbocycles. The van der Waals surface area contributed by atoms with Crippen LogP contribution in [0.4, 0.5) is 4.79 Å². The van der Waals surface area contributed by atoms with Crippen molar-refractivity contribution in [3.63, 3.8) is 0 Å². The summed E-state index contributed by atoms with van der Waals surface area (Å²) < 4.78 is 6.14. The van der Waals surface area contributed by atoms with Gasteiger partial charge in [0.05, 0.1) is 17.7 Å². The Bertz CT molecular complexity index is 915. The topological polar surface area (TPSA) is 107 Å². The van der Waals surface area contributed by atoms with Gasteiger partial charge in [0.15, 0.2) is 0 Å². The predicted octanol–water partition coefficient (Wildman–Crippen LogP) is 1.40. The number of pyridine rings is 1. The van der Waals surface area contributed by atoms with Crippen molar-refractivity contribution in [1.29, 1.82) is 0 Å². The van der Waals surface area contributed by atoms with Crippen molar-refractivity contribution < 1.29 is 23.9 Å². The first kappa shape index (κ1) is 15.9. The summed E-state index contributed by atoms with van der Waals surface area (Å²) in [5, 5.41) is 1.72. The second-order valence-electron chi connectivity index (χ2n) is 4.74. The SMILES string of the molecule is CCOC(=O)C(=O)c1cnc2ccc(C=C3SC(=O)NC3=O)cn12. The monoisotopic (exact) mass is 345 g/mol. The first-order valence-corrected chi connectivity index (χ1v) is 7.74. The van der Waals surface area contributed by atoms with Gasteiger partial charge in [-0.05, 0) is 42.5 Å². The van der Waals surface area contributed by atoms with Crippen molar-refractivity contribution in [2.45, 2.75) is 6.92 Å². The molecule has 1 fully saturated rings. The number of rotatable bonds is 4. The minimum absolute atomic E-state index is 0.0586. The van der Waals surface area contributed by atoms with E-state index >= 15 is 0 Å². The molecule has 1 aliphatic rings. The van der Waals surface area contributed by atoms with Crippen molar-refractivity contribution in [2.24, 2.45) is 0 Å². The molecule has 24 heavy (non-hydrogen) atoms. The number of ether oxygens (including phenoxy) is 1. The van der Waals surface area contributed by atoms with E-state index in [9.17, 15) is 19.2 Å². The molecular formula is C15H11N3O5S. The Hall–Kier alpha value is -2.94. The number of hydrogen-bond donors (Lipinski definition) is 1. The van der Waals surface area contributed by atoms with Crippen LogP contribution in [0.1, 0.15) is 23.0 Å². The van der Waals surface area contributed by atoms with E-state index in [-0.39, 0.29) is 17.2 Å². The van der Waals surface area contributed by atoms with E-state index in [0.717, 1.165) is 11.8 Å². The van der Waals surface area contributed by atoms with Gasteiger partial charge in [0.2, 0.25) is 0 Å². The fraction of sp³-hybridized carbons (Fsp3) is 0.133. The lowest BCUT2D eigenvalue weighted by Gasteiger charge is -2.03. The number of amides is 2. The molecule has 1 aliphatic heterocycles. The van der Waals surface area contributed by atoms with Crippen LogP contribution in [0.2, 0.25) is 0 Å². The zero-order chi connectivity index (χ0) is 17.3. The number of thioether (sulfide) groups is 1. The number of nitrogens with one attached hydrogen (secondary N) is 1. The highest BCUT2D eigenvalue weighted by atomic mass is 32.2. The Labute approximate surface area is 139 Å². The van der Waals surface area contributed by atoms with Crippen LogP contribution in [0.3, 0.4) is 0 Å². The molecule has 9 heteroatoms. The minimum Gasteiger partial charge on any atom is -0.460 e. The highest BCUT2D eigenvalue weighted by Gasteiger charge is 2.25. The second-order valence-corrected chi connectivity index (χ2v) is 5.75. The molecule has 0 bridgehead atoms. The Kier molecular flexibility index (Phi) is 4.17. The van der Waals surface area contributed by atoms with Gasteiger partial charge in [-0.25, -0.2) is 9.78 Å². The Morgan fingerprint density at radius 3 is 2.83 bits per heavy atom. The Morgan fingerprint density at radius 2 is 2.17 bits per heavy atom. The first-order chi connectivity index (χ1) is 11.5. The van der Waals surface area contributed by atoms with Gasteiger partial charge >= 0.3 is 5.97 Å². The van der Waals surface area contributed by atoms with Gasteiger partial charge in [-0.3, -0.25) is 24.1 Å². The van der Waals surface area contributed by atoms with Crippen LogP contribution in [0.5, 0.6) is 0 Å². The maximum atomic E-state index is 12.1. The molecule has 2 amide bonds. The number of hydrogen-bond acceptors (Lipinski definition) is 7. The Balaban J connectivity index is 1.99. The van der Waals surface area contributed by atoms with Crippen molar-refractivity contribution in [1.82, 2.24) is 14.7 Å². The number of fused-ring (bicyclic) bond motifs is 1. The normalized spacial score (nSPS) is 15.8. The zero-order valence-corrected chi connectivity index (χ0v) is 13.3. The second kappa shape index (κ2) is 6.28. The fourth-order valence-corrected chi connectivity index (χ4v) is 2.81. The van der Waals surface area contributed by atoms with Crippen LogP contribution in [0.25, 0.3) is 11.7 Å². The number of imidazole rings is 1. The summed E-state index contributed by atoms with van der Waals surface area (Å²) in [5.74, 6) is -2.24. The maximum Gasteiger partial charge on any atom is 0.381 e. The van der Waals surface area contributed by atoms with Crippen LogP contribution in [0, 0.1) is 0 Å². The summed E-state index contributed by atoms with van der Waals surface area (Å²) >= 11 is 0.794. The van der Waals surface area contributed by atoms with E-state index in [1.807, 2.05) is 0 Å². The van der Waals surface area contributed by atoms with Crippen LogP contribution in [-0.2, 0) is 14.3 Å². The average molecular weight is 345 g/mol. The van der Waals surface area contributed by atoms with Gasteiger partial charge in [0, 0.05) is 6.20 Å². The fourth-order valence-electron chi connectivity index (χ4n) is 2.12. The predicted molar refractivity (Wildman–Crippen MR) is 85.3 cm³/mol. The van der Waals surface area contributed by atoms with Crippen LogP contribution >= 0.6 is 11.8 Å². The van der Waals surface area contributed by atoms with Crippen molar-refractivity contribution in [3.8, 4) is 0 Å². The van der Waals surface area contributed by atoms with Crippen molar-refractivity contribution >= 4 is 46.4 Å². The summed E-state index contributed by atoms with van der Waals surface area (Å²) in [6.07, 6.45) is 4.35. The highest BCUT2D eigenvalue weighted by Crippen LogP contribution is 2.25. The van der Waals surface area contributed by atoms with E-state index < -0.39 is 22.9 Å². The van der Waals surface area contributed by atoms with Crippen LogP contribution < -0.4 is 5.32 Å². The van der Waals surface area contributed by atoms with Crippen molar-refractivity contribution in [2.75, 3.05) is 6.61 Å². The number of aromatic nitrogens is 2. The highest BCUT2D eigenvalue weighted by molar-refractivity contribution is 8.18. The van der Waals surface area contributed by atoms with Gasteiger partial charge < -0.3 is 4.74 Å². The molecule has 1 N–H and O–H groups in total. The molecule has 8 nitrogen and oxygen atoms in total. The van der Waals surface area contributed by atoms with E-state index in [0.29, 0.717) is 11.2 Å². The zero-order valence-electron chi connectivity index (χ0n) is 12.4. The smallest absolute Gasteiger partial charge is 0.381 e. The number of imide groups is 1. The number of ketones is 1. The largest absolute Gasteiger partial charge is 0.460 e. The molecule has 0 spiro atoms. The minimum atomic E-state index is -0.959. The number of nitrogens with zero attached hydrogens (tertiary/aromatic N) is 2. The molecule has 0 unspecified atom stereocenters. The quantitative estimate of drug-likeness (QED) is 0.386. The summed E-state index contributed by atoms with van der Waals surface area (Å²) in [7, 11) is 0. The molecule has 2 aromatic rings. The summed E-state index contributed by atoms with van der Waals surface area (Å²) in [6.45, 7) is 1.70. The lowest BCUT2D eigenvalue weighted by molar-refractivity contribution is -0.137. The molecule has 122 valence electrons. The summed E-state index contributed by atoms with van der Waals surface area (Å²) in [4.78, 5) is 50.8. The molecule has 0 saturated carbocycles. The summed E-state index contributed by atoms with van der Waals surface area (Å²) in [5.41, 5.74) is 1.10. The number of Topliss-reactive ketones (excluding diaryl/α,β-unsaturated/α-hetero) is 1. The number of carbonyl (C=O) groups is 4. The standard InChI is InChI=1S/C15H11N3O5S/c1-2-23-14(21)12(19)9-6-16-11-4-3-8(7-18(9)11)5-10-13(20)17-15(22)24-10/h3-7H,2H2,1H3,(H,17,20,22). The van der Waals surface area contributed by atoms with Gasteiger partial charge in [0.1, 0.15) is 11.3 Å². The molecule has 3 heterocycles. The van der Waals surface area contributed by atoms with Gasteiger partial charge in [-0.2, -0.15) is 0 Å². The molecule has 2 aromatic heterocycles. The van der Waals surface area contributed by atoms with E-state index in [1.165, 1.54) is 16.7 Å². The van der Waals surface area contributed by atoms with E-state index in [1.54, 1.807) is 25.3 Å². The first-order valence-electron chi connectivity index (χ1n) is 6.93. The molecule has 0 aliphatic carbocycles. The lowest BCUT2D eigenvalue weighted by atomic mass is 10.2. The molecule has 1 saturated heterocycles. The number of esters is 1. The molecule has 0 atom stereocenters. The lowest BCUT2D eigenvalue weighted by Crippen LogP contribution is -2.19. The molecule has 3 rings (SSSR count). The van der Waals surface area contributed by atoms with Crippen LogP contribution in [0.15, 0.2) is 29.4 Å². The molecule has 0 radical (unpaired) electrons. The Morgan fingerprint density at radius 1 is 1.38 bits per heavy atom. The van der Waals surface area contributed by atoms with Gasteiger partial charge in [-0.1, -0.05) is 0 Å². The van der Waals surface area contributed by atoms with E-state index in [4.69, 9.17) is 4.74 Å². The molecular weight excluding hydrogens is 334 g/mol. The average Bonchev–Trinajstić information content (AvgIpc) is 3.09. The maximum absolute atomic E-state index is 12.1. The van der Waals surface area contributed by atoms with E-state index in [2.05, 4.69) is 10.3 Å². The third-order valence-electron chi connectivity index (χ3n) is 3.16. The van der Waals surface area contributed by atoms with Gasteiger partial charge in [-0.15, -0.1) is 0 Å².